The first kappa shape index (κ1) is 12.4. The predicted molar refractivity (Wildman–Crippen MR) is 63.3 cm³/mol. The summed E-state index contributed by atoms with van der Waals surface area (Å²) in [6.07, 6.45) is -1.81. The first-order valence-corrected chi connectivity index (χ1v) is 5.25. The van der Waals surface area contributed by atoms with E-state index in [0.29, 0.717) is 16.5 Å². The highest BCUT2D eigenvalue weighted by Gasteiger charge is 2.22. The van der Waals surface area contributed by atoms with Crippen molar-refractivity contribution in [2.24, 2.45) is 0 Å². The molecule has 0 N–H and O–H groups in total. The molecule has 2 nitrogen and oxygen atoms in total. The highest BCUT2D eigenvalue weighted by Crippen LogP contribution is 2.25. The highest BCUT2D eigenvalue weighted by atomic mass is 19.4. The van der Waals surface area contributed by atoms with Gasteiger partial charge in [-0.2, -0.15) is 13.2 Å². The molecule has 1 aromatic heterocycles. The molecule has 0 spiro atoms. The second-order valence-corrected chi connectivity index (χ2v) is 3.87. The van der Waals surface area contributed by atoms with Gasteiger partial charge in [-0.25, -0.2) is 0 Å². The Morgan fingerprint density at radius 2 is 1.94 bits per heavy atom. The number of nitrogens with zero attached hydrogens (tertiary/aromatic N) is 1. The van der Waals surface area contributed by atoms with E-state index in [2.05, 4.69) is 0 Å². The Morgan fingerprint density at radius 3 is 2.56 bits per heavy atom. The molecule has 0 amide bonds. The van der Waals surface area contributed by atoms with Gasteiger partial charge in [0, 0.05) is 30.1 Å². The van der Waals surface area contributed by atoms with Crippen LogP contribution in [0.15, 0.2) is 36.5 Å². The maximum atomic E-state index is 12.1. The molecule has 0 saturated carbocycles. The van der Waals surface area contributed by atoms with Crippen molar-refractivity contribution >= 4 is 22.9 Å². The van der Waals surface area contributed by atoms with Crippen LogP contribution >= 0.6 is 0 Å². The summed E-state index contributed by atoms with van der Waals surface area (Å²) < 4.78 is 37.8. The van der Waals surface area contributed by atoms with Gasteiger partial charge in [-0.3, -0.25) is 9.36 Å². The molecule has 1 aromatic carbocycles. The van der Waals surface area contributed by atoms with Gasteiger partial charge in [0.25, 0.3) is 0 Å². The van der Waals surface area contributed by atoms with Crippen molar-refractivity contribution in [1.82, 2.24) is 4.57 Å². The Kier molecular flexibility index (Phi) is 2.98. The third-order valence-corrected chi connectivity index (χ3v) is 2.53. The molecule has 0 fully saturated rings. The first-order chi connectivity index (χ1) is 8.38. The fourth-order valence-corrected chi connectivity index (χ4v) is 1.78. The van der Waals surface area contributed by atoms with Crippen LogP contribution in [0.25, 0.3) is 17.0 Å². The normalized spacial score (nSPS) is 12.4. The molecule has 0 aliphatic heterocycles. The van der Waals surface area contributed by atoms with E-state index in [4.69, 9.17) is 0 Å². The van der Waals surface area contributed by atoms with Crippen LogP contribution in [-0.4, -0.2) is 16.7 Å². The number of carbonyl (C=O) groups excluding carboxylic acids is 1. The Balaban J connectivity index is 2.59. The van der Waals surface area contributed by atoms with Gasteiger partial charge in [0.15, 0.2) is 0 Å². The Labute approximate surface area is 101 Å². The van der Waals surface area contributed by atoms with Crippen molar-refractivity contribution in [2.75, 3.05) is 0 Å². The number of hydrogen-bond donors (Lipinski definition) is 0. The fourth-order valence-electron chi connectivity index (χ4n) is 1.78. The average molecular weight is 253 g/mol. The minimum Gasteiger partial charge on any atom is -0.287 e. The summed E-state index contributed by atoms with van der Waals surface area (Å²) in [7, 11) is 0. The van der Waals surface area contributed by atoms with Crippen LogP contribution in [0.5, 0.6) is 0 Å². The lowest BCUT2D eigenvalue weighted by Gasteiger charge is -1.97. The number of allylic oxidation sites excluding steroid dienone is 1. The van der Waals surface area contributed by atoms with E-state index in [0.717, 1.165) is 6.08 Å². The van der Waals surface area contributed by atoms with Crippen molar-refractivity contribution < 1.29 is 18.0 Å². The maximum Gasteiger partial charge on any atom is 0.409 e. The van der Waals surface area contributed by atoms with Crippen molar-refractivity contribution in [3.63, 3.8) is 0 Å². The quantitative estimate of drug-likeness (QED) is 0.756. The molecular formula is C13H10F3NO. The topological polar surface area (TPSA) is 22.0 Å². The van der Waals surface area contributed by atoms with Gasteiger partial charge in [-0.1, -0.05) is 18.2 Å². The molecule has 2 rings (SSSR count). The summed E-state index contributed by atoms with van der Waals surface area (Å²) in [5, 5.41) is 0.619. The lowest BCUT2D eigenvalue weighted by Crippen LogP contribution is -2.02. The molecule has 0 atom stereocenters. The molecule has 0 unspecified atom stereocenters. The number of carbonyl (C=O) groups is 1. The number of alkyl halides is 3. The van der Waals surface area contributed by atoms with Crippen LogP contribution in [0.3, 0.4) is 0 Å². The molecule has 0 bridgehead atoms. The summed E-state index contributed by atoms with van der Waals surface area (Å²) in [6, 6.07) is 6.84. The van der Waals surface area contributed by atoms with Crippen LogP contribution in [0.4, 0.5) is 13.2 Å². The number of rotatable bonds is 1. The van der Waals surface area contributed by atoms with E-state index in [9.17, 15) is 18.0 Å². The van der Waals surface area contributed by atoms with Gasteiger partial charge in [0.2, 0.25) is 5.91 Å². The molecule has 18 heavy (non-hydrogen) atoms. The number of benzene rings is 1. The van der Waals surface area contributed by atoms with E-state index in [-0.39, 0.29) is 12.0 Å². The van der Waals surface area contributed by atoms with Gasteiger partial charge in [-0.05, 0) is 12.1 Å². The first-order valence-electron chi connectivity index (χ1n) is 5.25. The second kappa shape index (κ2) is 4.33. The van der Waals surface area contributed by atoms with Gasteiger partial charge < -0.3 is 0 Å². The second-order valence-electron chi connectivity index (χ2n) is 3.87. The summed E-state index contributed by atoms with van der Waals surface area (Å²) in [5.41, 5.74) is 0.977. The standard InChI is InChI=1S/C13H10F3NO/c1-9(18)17-8-10(6-7-13(14,15)16)11-4-2-3-5-12(11)17/h2-8H,1H3/b7-6+. The van der Waals surface area contributed by atoms with Crippen LogP contribution < -0.4 is 0 Å². The number of aromatic nitrogens is 1. The zero-order chi connectivity index (χ0) is 13.3. The fraction of sp³-hybridized carbons (Fsp3) is 0.154. The van der Waals surface area contributed by atoms with E-state index < -0.39 is 6.18 Å². The number of halogens is 3. The largest absolute Gasteiger partial charge is 0.409 e. The monoisotopic (exact) mass is 253 g/mol. The third kappa shape index (κ3) is 2.45. The summed E-state index contributed by atoms with van der Waals surface area (Å²) in [6.45, 7) is 1.36. The summed E-state index contributed by atoms with van der Waals surface area (Å²) in [5.74, 6) is -0.238. The van der Waals surface area contributed by atoms with Crippen LogP contribution in [0.1, 0.15) is 17.3 Å². The lowest BCUT2D eigenvalue weighted by atomic mass is 10.1. The predicted octanol–water partition coefficient (Wildman–Crippen LogP) is 3.88. The van der Waals surface area contributed by atoms with Crippen LogP contribution in [-0.2, 0) is 0 Å². The molecule has 0 aliphatic rings. The van der Waals surface area contributed by atoms with E-state index in [1.54, 1.807) is 24.3 Å². The highest BCUT2D eigenvalue weighted by molar-refractivity contribution is 5.96. The third-order valence-electron chi connectivity index (χ3n) is 2.53. The van der Waals surface area contributed by atoms with Crippen LogP contribution in [0, 0.1) is 0 Å². The molecule has 1 heterocycles. The maximum absolute atomic E-state index is 12.1. The van der Waals surface area contributed by atoms with E-state index in [1.807, 2.05) is 0 Å². The number of para-hydroxylation sites is 1. The van der Waals surface area contributed by atoms with Crippen molar-refractivity contribution in [3.05, 3.63) is 42.1 Å². The molecular weight excluding hydrogens is 243 g/mol. The zero-order valence-electron chi connectivity index (χ0n) is 9.53. The zero-order valence-corrected chi connectivity index (χ0v) is 9.53. The minimum absolute atomic E-state index is 0.166. The molecule has 2 aromatic rings. The number of hydrogen-bond acceptors (Lipinski definition) is 1. The summed E-state index contributed by atoms with van der Waals surface area (Å²) in [4.78, 5) is 11.4. The molecule has 94 valence electrons. The molecule has 0 saturated heterocycles. The average Bonchev–Trinajstić information content (AvgIpc) is 2.64. The summed E-state index contributed by atoms with van der Waals surface area (Å²) >= 11 is 0. The molecule has 5 heteroatoms. The van der Waals surface area contributed by atoms with E-state index in [1.165, 1.54) is 17.7 Å². The smallest absolute Gasteiger partial charge is 0.287 e. The van der Waals surface area contributed by atoms with Crippen molar-refractivity contribution in [3.8, 4) is 0 Å². The Morgan fingerprint density at radius 1 is 1.28 bits per heavy atom. The lowest BCUT2D eigenvalue weighted by molar-refractivity contribution is -0.0790. The Hall–Kier alpha value is -2.04. The van der Waals surface area contributed by atoms with Gasteiger partial charge >= 0.3 is 6.18 Å². The molecule has 0 aliphatic carbocycles. The van der Waals surface area contributed by atoms with Gasteiger partial charge in [0.1, 0.15) is 0 Å². The van der Waals surface area contributed by atoms with Gasteiger partial charge in [-0.15, -0.1) is 0 Å². The van der Waals surface area contributed by atoms with Crippen molar-refractivity contribution in [2.45, 2.75) is 13.1 Å². The van der Waals surface area contributed by atoms with Gasteiger partial charge in [0.05, 0.1) is 5.52 Å². The number of fused-ring (bicyclic) bond motifs is 1. The van der Waals surface area contributed by atoms with Crippen LogP contribution in [0.2, 0.25) is 0 Å². The molecule has 0 radical (unpaired) electrons. The minimum atomic E-state index is -4.36. The SMILES string of the molecule is CC(=O)n1cc(/C=C/C(F)(F)F)c2ccccc21. The van der Waals surface area contributed by atoms with Crippen molar-refractivity contribution in [1.29, 1.82) is 0 Å². The van der Waals surface area contributed by atoms with E-state index >= 15 is 0 Å². The Bertz CT molecular complexity index is 623.